The van der Waals surface area contributed by atoms with Crippen molar-refractivity contribution in [3.8, 4) is 0 Å². The Hall–Kier alpha value is -2.64. The average Bonchev–Trinajstić information content (AvgIpc) is 2.74. The highest BCUT2D eigenvalue weighted by atomic mass is 35.5. The predicted octanol–water partition coefficient (Wildman–Crippen LogP) is 3.75. The molecular weight excluding hydrogens is 396 g/mol. The number of rotatable bonds is 5. The minimum atomic E-state index is -1.01. The molecule has 1 unspecified atom stereocenters. The first-order valence-electron chi connectivity index (χ1n) is 9.37. The second-order valence-corrected chi connectivity index (χ2v) is 7.33. The Bertz CT molecular complexity index is 863. The number of hydrogen-bond donors (Lipinski definition) is 1. The number of aliphatic hydroxyl groups is 1. The van der Waals surface area contributed by atoms with E-state index in [1.54, 1.807) is 31.3 Å². The number of benzene rings is 1. The lowest BCUT2D eigenvalue weighted by Gasteiger charge is -2.47. The molecule has 8 heteroatoms. The topological polar surface area (TPSA) is 89.0 Å². The van der Waals surface area contributed by atoms with Crippen LogP contribution in [0.2, 0.25) is 5.02 Å². The predicted molar refractivity (Wildman–Crippen MR) is 106 cm³/mol. The molecule has 0 radical (unpaired) electrons. The summed E-state index contributed by atoms with van der Waals surface area (Å²) in [6, 6.07) is 10.3. The minimum absolute atomic E-state index is 0.257. The van der Waals surface area contributed by atoms with E-state index in [-0.39, 0.29) is 5.56 Å². The summed E-state index contributed by atoms with van der Waals surface area (Å²) in [5.74, 6) is -0.646. The fourth-order valence-corrected chi connectivity index (χ4v) is 4.10. The number of halogens is 1. The number of carbonyl (C=O) groups excluding carboxylic acids is 2. The summed E-state index contributed by atoms with van der Waals surface area (Å²) in [4.78, 5) is 29.9. The zero-order valence-corrected chi connectivity index (χ0v) is 16.8. The molecule has 1 amide bonds. The van der Waals surface area contributed by atoms with Crippen LogP contribution in [-0.4, -0.2) is 47.0 Å². The fourth-order valence-electron chi connectivity index (χ4n) is 3.80. The van der Waals surface area contributed by atoms with Gasteiger partial charge in [0, 0.05) is 24.5 Å². The van der Waals surface area contributed by atoms with Crippen molar-refractivity contribution in [1.29, 1.82) is 0 Å². The van der Waals surface area contributed by atoms with Crippen LogP contribution in [0.15, 0.2) is 48.8 Å². The minimum Gasteiger partial charge on any atom is -0.424 e. The van der Waals surface area contributed by atoms with Crippen LogP contribution in [0.3, 0.4) is 0 Å². The summed E-state index contributed by atoms with van der Waals surface area (Å²) in [5.41, 5.74) is -0.0890. The quantitative estimate of drug-likeness (QED) is 0.587. The van der Waals surface area contributed by atoms with Crippen LogP contribution in [0.4, 0.5) is 4.79 Å². The molecule has 0 bridgehead atoms. The molecule has 1 aliphatic rings. The highest BCUT2D eigenvalue weighted by molar-refractivity contribution is 6.31. The van der Waals surface area contributed by atoms with Crippen molar-refractivity contribution in [2.45, 2.75) is 37.3 Å². The Kier molecular flexibility index (Phi) is 6.71. The Morgan fingerprint density at radius 3 is 2.72 bits per heavy atom. The van der Waals surface area contributed by atoms with Crippen molar-refractivity contribution in [1.82, 2.24) is 9.88 Å². The third-order valence-corrected chi connectivity index (χ3v) is 5.65. The summed E-state index contributed by atoms with van der Waals surface area (Å²) >= 11 is 6.41. The van der Waals surface area contributed by atoms with Gasteiger partial charge in [-0.15, -0.1) is 0 Å². The SMILES string of the molecule is CN(C(=O)OCOC(=O)c1cccnc1)[C@@]1(c2ccccc2Cl)CCCCC1O. The lowest BCUT2D eigenvalue weighted by Crippen LogP contribution is -2.56. The largest absolute Gasteiger partial charge is 0.424 e. The number of aromatic nitrogens is 1. The molecule has 1 heterocycles. The van der Waals surface area contributed by atoms with E-state index in [4.69, 9.17) is 21.1 Å². The standard InChI is InChI=1S/C21H23ClN2O5/c1-24(20(27)29-14-28-19(26)15-7-6-12-23-13-15)21(11-5-4-10-18(21)25)16-8-2-3-9-17(16)22/h2-3,6-9,12-13,18,25H,4-5,10-11,14H2,1H3/t18?,21-/m1/s1. The normalized spacial score (nSPS) is 21.3. The van der Waals surface area contributed by atoms with Crippen LogP contribution >= 0.6 is 11.6 Å². The lowest BCUT2D eigenvalue weighted by molar-refractivity contribution is -0.0639. The average molecular weight is 419 g/mol. The van der Waals surface area contributed by atoms with Crippen molar-refractivity contribution in [3.63, 3.8) is 0 Å². The third kappa shape index (κ3) is 4.36. The van der Waals surface area contributed by atoms with Gasteiger partial charge in [0.25, 0.3) is 0 Å². The van der Waals surface area contributed by atoms with Crippen molar-refractivity contribution < 1.29 is 24.2 Å². The van der Waals surface area contributed by atoms with Crippen molar-refractivity contribution in [2.75, 3.05) is 13.8 Å². The van der Waals surface area contributed by atoms with Gasteiger partial charge < -0.3 is 14.6 Å². The summed E-state index contributed by atoms with van der Waals surface area (Å²) in [6.07, 6.45) is 4.15. The van der Waals surface area contributed by atoms with E-state index in [1.165, 1.54) is 17.3 Å². The van der Waals surface area contributed by atoms with Gasteiger partial charge in [0.2, 0.25) is 6.79 Å². The number of aliphatic hydroxyl groups excluding tert-OH is 1. The van der Waals surface area contributed by atoms with E-state index >= 15 is 0 Å². The number of nitrogens with zero attached hydrogens (tertiary/aromatic N) is 2. The maximum Gasteiger partial charge on any atom is 0.413 e. The Labute approximate surface area is 174 Å². The number of ether oxygens (including phenoxy) is 2. The lowest BCUT2D eigenvalue weighted by atomic mass is 9.73. The number of esters is 1. The Balaban J connectivity index is 1.73. The first-order chi connectivity index (χ1) is 14.0. The van der Waals surface area contributed by atoms with Gasteiger partial charge in [-0.1, -0.05) is 42.6 Å². The summed E-state index contributed by atoms with van der Waals surface area (Å²) < 4.78 is 10.1. The molecule has 2 atom stereocenters. The van der Waals surface area contributed by atoms with Gasteiger partial charge in [-0.25, -0.2) is 9.59 Å². The molecule has 1 saturated carbocycles. The van der Waals surface area contributed by atoms with E-state index in [9.17, 15) is 14.7 Å². The third-order valence-electron chi connectivity index (χ3n) is 5.32. The molecule has 1 aliphatic carbocycles. The van der Waals surface area contributed by atoms with Gasteiger partial charge in [-0.05, 0) is 36.6 Å². The highest BCUT2D eigenvalue weighted by Crippen LogP contribution is 2.44. The first-order valence-corrected chi connectivity index (χ1v) is 9.75. The number of pyridine rings is 1. The van der Waals surface area contributed by atoms with Gasteiger partial charge >= 0.3 is 12.1 Å². The smallest absolute Gasteiger partial charge is 0.413 e. The van der Waals surface area contributed by atoms with E-state index in [1.807, 2.05) is 12.1 Å². The number of hydrogen-bond acceptors (Lipinski definition) is 6. The number of carbonyl (C=O) groups is 2. The molecule has 1 aromatic carbocycles. The molecule has 1 N–H and O–H groups in total. The van der Waals surface area contributed by atoms with Crippen LogP contribution < -0.4 is 0 Å². The van der Waals surface area contributed by atoms with Crippen molar-refractivity contribution in [3.05, 3.63) is 64.9 Å². The molecular formula is C21H23ClN2O5. The second kappa shape index (κ2) is 9.24. The molecule has 29 heavy (non-hydrogen) atoms. The molecule has 1 aromatic heterocycles. The van der Waals surface area contributed by atoms with Gasteiger partial charge in [0.1, 0.15) is 0 Å². The number of amides is 1. The van der Waals surface area contributed by atoms with E-state index in [0.29, 0.717) is 23.4 Å². The van der Waals surface area contributed by atoms with Crippen LogP contribution in [-0.2, 0) is 15.0 Å². The maximum atomic E-state index is 12.7. The Morgan fingerprint density at radius 2 is 2.03 bits per heavy atom. The summed E-state index contributed by atoms with van der Waals surface area (Å²) in [5, 5.41) is 11.3. The van der Waals surface area contributed by atoms with Gasteiger partial charge in [0.15, 0.2) is 0 Å². The van der Waals surface area contributed by atoms with Crippen molar-refractivity contribution >= 4 is 23.7 Å². The van der Waals surface area contributed by atoms with E-state index in [2.05, 4.69) is 4.98 Å². The molecule has 1 fully saturated rings. The molecule has 154 valence electrons. The van der Waals surface area contributed by atoms with E-state index in [0.717, 1.165) is 12.8 Å². The second-order valence-electron chi connectivity index (χ2n) is 6.93. The summed E-state index contributed by atoms with van der Waals surface area (Å²) in [6.45, 7) is -0.550. The van der Waals surface area contributed by atoms with Gasteiger partial charge in [-0.2, -0.15) is 0 Å². The molecule has 3 rings (SSSR count). The Morgan fingerprint density at radius 1 is 1.24 bits per heavy atom. The van der Waals surface area contributed by atoms with Crippen molar-refractivity contribution in [2.24, 2.45) is 0 Å². The molecule has 2 aromatic rings. The fraction of sp³-hybridized carbons (Fsp3) is 0.381. The zero-order valence-electron chi connectivity index (χ0n) is 16.1. The van der Waals surface area contributed by atoms with Crippen LogP contribution in [0.25, 0.3) is 0 Å². The summed E-state index contributed by atoms with van der Waals surface area (Å²) in [7, 11) is 1.56. The van der Waals surface area contributed by atoms with E-state index < -0.39 is 30.5 Å². The molecule has 0 spiro atoms. The van der Waals surface area contributed by atoms with Crippen LogP contribution in [0.1, 0.15) is 41.6 Å². The molecule has 0 saturated heterocycles. The number of likely N-dealkylation sites (N-methyl/N-ethyl adjacent to an activating group) is 1. The molecule has 0 aliphatic heterocycles. The highest BCUT2D eigenvalue weighted by Gasteiger charge is 2.48. The first kappa shape index (κ1) is 21.1. The monoisotopic (exact) mass is 418 g/mol. The van der Waals surface area contributed by atoms with Gasteiger partial charge in [0.05, 0.1) is 17.2 Å². The zero-order chi connectivity index (χ0) is 20.9. The van der Waals surface area contributed by atoms with Crippen LogP contribution in [0, 0.1) is 0 Å². The van der Waals surface area contributed by atoms with Crippen LogP contribution in [0.5, 0.6) is 0 Å². The van der Waals surface area contributed by atoms with Gasteiger partial charge in [-0.3, -0.25) is 9.88 Å². The maximum absolute atomic E-state index is 12.7. The molecule has 7 nitrogen and oxygen atoms in total.